The van der Waals surface area contributed by atoms with Crippen molar-refractivity contribution < 1.29 is 23.1 Å². The molecule has 21 heavy (non-hydrogen) atoms. The fourth-order valence-corrected chi connectivity index (χ4v) is 2.27. The average Bonchev–Trinajstić information content (AvgIpc) is 2.84. The number of hydrogen-bond donors (Lipinski definition) is 3. The predicted molar refractivity (Wildman–Crippen MR) is 70.4 cm³/mol. The van der Waals surface area contributed by atoms with Crippen LogP contribution in [-0.4, -0.2) is 29.7 Å². The lowest BCUT2D eigenvalue weighted by molar-refractivity contribution is -0.137. The fraction of sp³-hybridized carbons (Fsp3) is 0.500. The Kier molecular flexibility index (Phi) is 4.53. The molecule has 2 rings (SSSR count). The molecule has 116 valence electrons. The molecule has 0 bridgehead atoms. The Balaban J connectivity index is 1.97. The maximum Gasteiger partial charge on any atom is 0.416 e. The van der Waals surface area contributed by atoms with Gasteiger partial charge in [-0.1, -0.05) is 12.1 Å². The number of rotatable bonds is 3. The van der Waals surface area contributed by atoms with E-state index in [4.69, 9.17) is 0 Å². The van der Waals surface area contributed by atoms with Crippen molar-refractivity contribution in [2.45, 2.75) is 37.7 Å². The van der Waals surface area contributed by atoms with Crippen LogP contribution >= 0.6 is 0 Å². The summed E-state index contributed by atoms with van der Waals surface area (Å²) >= 11 is 0. The molecule has 1 heterocycles. The van der Waals surface area contributed by atoms with E-state index in [1.54, 1.807) is 6.92 Å². The minimum absolute atomic E-state index is 0.265. The van der Waals surface area contributed by atoms with Crippen molar-refractivity contribution in [1.29, 1.82) is 0 Å². The van der Waals surface area contributed by atoms with Crippen molar-refractivity contribution in [1.82, 2.24) is 10.6 Å². The van der Waals surface area contributed by atoms with Gasteiger partial charge in [0, 0.05) is 6.54 Å². The lowest BCUT2D eigenvalue weighted by Gasteiger charge is -2.18. The van der Waals surface area contributed by atoms with E-state index in [9.17, 15) is 23.1 Å². The molecule has 1 amide bonds. The summed E-state index contributed by atoms with van der Waals surface area (Å²) in [6.45, 7) is 2.07. The first-order chi connectivity index (χ1) is 9.77. The van der Waals surface area contributed by atoms with Gasteiger partial charge in [-0.15, -0.1) is 0 Å². The second-order valence-electron chi connectivity index (χ2n) is 5.20. The minimum atomic E-state index is -4.37. The van der Waals surface area contributed by atoms with Crippen molar-refractivity contribution in [3.63, 3.8) is 0 Å². The lowest BCUT2D eigenvalue weighted by Crippen LogP contribution is -2.41. The third-order valence-corrected chi connectivity index (χ3v) is 3.52. The summed E-state index contributed by atoms with van der Waals surface area (Å²) in [6.07, 6.45) is -4.57. The van der Waals surface area contributed by atoms with Gasteiger partial charge in [0.2, 0.25) is 5.91 Å². The number of aliphatic hydroxyl groups excluding tert-OH is 1. The first-order valence-electron chi connectivity index (χ1n) is 6.66. The summed E-state index contributed by atoms with van der Waals surface area (Å²) in [4.78, 5) is 11.9. The Morgan fingerprint density at radius 2 is 2.00 bits per heavy atom. The number of amides is 1. The maximum absolute atomic E-state index is 12.5. The molecule has 0 aliphatic carbocycles. The van der Waals surface area contributed by atoms with Gasteiger partial charge in [0.25, 0.3) is 0 Å². The molecule has 4 nitrogen and oxygen atoms in total. The van der Waals surface area contributed by atoms with Crippen molar-refractivity contribution in [2.24, 2.45) is 0 Å². The molecular formula is C14H17F3N2O2. The highest BCUT2D eigenvalue weighted by Crippen LogP contribution is 2.29. The number of benzene rings is 1. The maximum atomic E-state index is 12.5. The molecule has 1 saturated heterocycles. The van der Waals surface area contributed by atoms with Gasteiger partial charge in [-0.25, -0.2) is 0 Å². The van der Waals surface area contributed by atoms with E-state index < -0.39 is 29.9 Å². The van der Waals surface area contributed by atoms with Gasteiger partial charge in [-0.05, 0) is 31.0 Å². The van der Waals surface area contributed by atoms with Crippen LogP contribution in [0.1, 0.15) is 30.5 Å². The van der Waals surface area contributed by atoms with Gasteiger partial charge in [0.15, 0.2) is 0 Å². The normalized spacial score (nSPS) is 23.9. The zero-order chi connectivity index (χ0) is 15.6. The second-order valence-corrected chi connectivity index (χ2v) is 5.20. The first kappa shape index (κ1) is 15.8. The standard InChI is InChI=1S/C14H17F3N2O2/c1-8(19-13(21)12-6-11(20)7-18-12)9-2-4-10(5-3-9)14(15,16)17/h2-5,8,11-12,18,20H,6-7H2,1H3,(H,19,21)/t8-,11+,12+/m0/s1. The van der Waals surface area contributed by atoms with Gasteiger partial charge in [0.1, 0.15) is 0 Å². The van der Waals surface area contributed by atoms with Crippen LogP contribution in [0, 0.1) is 0 Å². The SMILES string of the molecule is C[C@H](NC(=O)[C@H]1C[C@@H](O)CN1)c1ccc(C(F)(F)F)cc1. The molecular weight excluding hydrogens is 285 g/mol. The molecule has 1 fully saturated rings. The molecule has 0 saturated carbocycles. The summed E-state index contributed by atoms with van der Waals surface area (Å²) in [6, 6.07) is 3.83. The van der Waals surface area contributed by atoms with Gasteiger partial charge in [-0.3, -0.25) is 4.79 Å². The van der Waals surface area contributed by atoms with Gasteiger partial charge in [-0.2, -0.15) is 13.2 Å². The number of carbonyl (C=O) groups excluding carboxylic acids is 1. The zero-order valence-corrected chi connectivity index (χ0v) is 11.4. The van der Waals surface area contributed by atoms with Gasteiger partial charge in [0.05, 0.1) is 23.8 Å². The van der Waals surface area contributed by atoms with Crippen LogP contribution < -0.4 is 10.6 Å². The van der Waals surface area contributed by atoms with E-state index in [2.05, 4.69) is 10.6 Å². The fourth-order valence-electron chi connectivity index (χ4n) is 2.27. The van der Waals surface area contributed by atoms with Crippen LogP contribution in [0.15, 0.2) is 24.3 Å². The molecule has 0 aromatic heterocycles. The summed E-state index contributed by atoms with van der Waals surface area (Å²) in [5.74, 6) is -0.265. The van der Waals surface area contributed by atoms with Gasteiger partial charge >= 0.3 is 6.18 Å². The van der Waals surface area contributed by atoms with Crippen molar-refractivity contribution in [2.75, 3.05) is 6.54 Å². The van der Waals surface area contributed by atoms with E-state index in [0.29, 0.717) is 18.5 Å². The second kappa shape index (κ2) is 6.03. The molecule has 1 aliphatic heterocycles. The van der Waals surface area contributed by atoms with Crippen LogP contribution in [0.25, 0.3) is 0 Å². The quantitative estimate of drug-likeness (QED) is 0.795. The van der Waals surface area contributed by atoms with E-state index in [1.807, 2.05) is 0 Å². The van der Waals surface area contributed by atoms with E-state index in [-0.39, 0.29) is 5.91 Å². The van der Waals surface area contributed by atoms with Crippen LogP contribution in [0.3, 0.4) is 0 Å². The Labute approximate surface area is 120 Å². The highest BCUT2D eigenvalue weighted by Gasteiger charge is 2.31. The molecule has 3 N–H and O–H groups in total. The molecule has 0 unspecified atom stereocenters. The highest BCUT2D eigenvalue weighted by atomic mass is 19.4. The third kappa shape index (κ3) is 3.95. The minimum Gasteiger partial charge on any atom is -0.392 e. The van der Waals surface area contributed by atoms with Crippen LogP contribution in [0.2, 0.25) is 0 Å². The van der Waals surface area contributed by atoms with E-state index >= 15 is 0 Å². The Morgan fingerprint density at radius 3 is 2.48 bits per heavy atom. The summed E-state index contributed by atoms with van der Waals surface area (Å²) in [5.41, 5.74) is -0.125. The number of β-amino-alcohol motifs (C(OH)–C–C–N with tert-alkyl or cyclic N) is 1. The third-order valence-electron chi connectivity index (χ3n) is 3.52. The molecule has 3 atom stereocenters. The Bertz CT molecular complexity index is 502. The number of nitrogens with one attached hydrogen (secondary N) is 2. The highest BCUT2D eigenvalue weighted by molar-refractivity contribution is 5.82. The van der Waals surface area contributed by atoms with Crippen LogP contribution in [-0.2, 0) is 11.0 Å². The Morgan fingerprint density at radius 1 is 1.38 bits per heavy atom. The van der Waals surface area contributed by atoms with E-state index in [0.717, 1.165) is 12.1 Å². The zero-order valence-electron chi connectivity index (χ0n) is 11.4. The number of alkyl halides is 3. The van der Waals surface area contributed by atoms with Crippen LogP contribution in [0.5, 0.6) is 0 Å². The summed E-state index contributed by atoms with van der Waals surface area (Å²) < 4.78 is 37.4. The Hall–Kier alpha value is -1.60. The molecule has 0 spiro atoms. The number of halogens is 3. The number of aliphatic hydroxyl groups is 1. The largest absolute Gasteiger partial charge is 0.416 e. The van der Waals surface area contributed by atoms with Crippen LogP contribution in [0.4, 0.5) is 13.2 Å². The molecule has 1 aromatic rings. The molecule has 1 aromatic carbocycles. The van der Waals surface area contributed by atoms with Crippen molar-refractivity contribution >= 4 is 5.91 Å². The number of carbonyl (C=O) groups is 1. The summed E-state index contributed by atoms with van der Waals surface area (Å²) in [7, 11) is 0. The monoisotopic (exact) mass is 302 g/mol. The number of hydrogen-bond acceptors (Lipinski definition) is 3. The van der Waals surface area contributed by atoms with Gasteiger partial charge < -0.3 is 15.7 Å². The lowest BCUT2D eigenvalue weighted by atomic mass is 10.1. The smallest absolute Gasteiger partial charge is 0.392 e. The van der Waals surface area contributed by atoms with E-state index in [1.165, 1.54) is 12.1 Å². The topological polar surface area (TPSA) is 61.4 Å². The first-order valence-corrected chi connectivity index (χ1v) is 6.66. The molecule has 1 aliphatic rings. The van der Waals surface area contributed by atoms with Crippen molar-refractivity contribution in [3.05, 3.63) is 35.4 Å². The predicted octanol–water partition coefficient (Wildman–Crippen LogP) is 1.61. The average molecular weight is 302 g/mol. The van der Waals surface area contributed by atoms with Crippen molar-refractivity contribution in [3.8, 4) is 0 Å². The molecule has 7 heteroatoms. The summed E-state index contributed by atoms with van der Waals surface area (Å²) in [5, 5.41) is 15.0. The molecule has 0 radical (unpaired) electrons.